The van der Waals surface area contributed by atoms with Crippen LogP contribution in [0.2, 0.25) is 0 Å². The molecule has 0 aliphatic carbocycles. The molecular formula is C30H26N4O8S2. The van der Waals surface area contributed by atoms with Crippen molar-refractivity contribution in [2.24, 2.45) is 0 Å². The Morgan fingerprint density at radius 1 is 0.568 bits per heavy atom. The number of sulfone groups is 2. The van der Waals surface area contributed by atoms with Crippen molar-refractivity contribution in [3.63, 3.8) is 0 Å². The quantitative estimate of drug-likeness (QED) is 0.170. The number of phenols is 2. The predicted molar refractivity (Wildman–Crippen MR) is 159 cm³/mol. The van der Waals surface area contributed by atoms with Crippen LogP contribution in [-0.4, -0.2) is 48.5 Å². The zero-order valence-electron chi connectivity index (χ0n) is 23.2. The summed E-state index contributed by atoms with van der Waals surface area (Å²) >= 11 is 0. The highest BCUT2D eigenvalue weighted by molar-refractivity contribution is 7.91. The van der Waals surface area contributed by atoms with Gasteiger partial charge in [0, 0.05) is 6.54 Å². The van der Waals surface area contributed by atoms with Crippen molar-refractivity contribution in [1.29, 1.82) is 0 Å². The highest BCUT2D eigenvalue weighted by Gasteiger charge is 2.20. The van der Waals surface area contributed by atoms with Gasteiger partial charge in [0.05, 0.1) is 19.6 Å². The number of anilines is 1. The van der Waals surface area contributed by atoms with Gasteiger partial charge in [0.25, 0.3) is 0 Å². The molecule has 0 aliphatic heterocycles. The Morgan fingerprint density at radius 2 is 0.909 bits per heavy atom. The van der Waals surface area contributed by atoms with Crippen LogP contribution >= 0.6 is 0 Å². The molecule has 226 valence electrons. The first-order chi connectivity index (χ1) is 21.0. The topological polar surface area (TPSA) is 178 Å². The molecule has 0 unspecified atom stereocenters. The van der Waals surface area contributed by atoms with Gasteiger partial charge in [-0.1, -0.05) is 6.92 Å². The van der Waals surface area contributed by atoms with Crippen molar-refractivity contribution in [3.8, 4) is 35.0 Å². The maximum Gasteiger partial charge on any atom is 0.330 e. The predicted octanol–water partition coefficient (Wildman–Crippen LogP) is 5.35. The Morgan fingerprint density at radius 3 is 1.25 bits per heavy atom. The monoisotopic (exact) mass is 634 g/mol. The molecule has 0 atom stereocenters. The molecule has 0 saturated heterocycles. The third-order valence-electron chi connectivity index (χ3n) is 6.11. The van der Waals surface area contributed by atoms with E-state index in [4.69, 9.17) is 9.47 Å². The van der Waals surface area contributed by atoms with Gasteiger partial charge >= 0.3 is 12.0 Å². The molecule has 14 heteroatoms. The Kier molecular flexibility index (Phi) is 8.64. The molecule has 0 radical (unpaired) electrons. The summed E-state index contributed by atoms with van der Waals surface area (Å²) < 4.78 is 63.2. The van der Waals surface area contributed by atoms with E-state index in [1.54, 1.807) is 0 Å². The summed E-state index contributed by atoms with van der Waals surface area (Å²) in [6, 6.07) is 21.5. The zero-order valence-corrected chi connectivity index (χ0v) is 24.8. The van der Waals surface area contributed by atoms with Crippen molar-refractivity contribution in [2.45, 2.75) is 32.9 Å². The molecule has 12 nitrogen and oxygen atoms in total. The number of hydrogen-bond donors (Lipinski definition) is 3. The van der Waals surface area contributed by atoms with Gasteiger partial charge < -0.3 is 25.0 Å². The number of phenolic OH excluding ortho intramolecular Hbond substituents is 2. The molecule has 0 aliphatic rings. The molecule has 0 amide bonds. The number of aromatic hydroxyl groups is 2. The lowest BCUT2D eigenvalue weighted by Crippen LogP contribution is -2.07. The van der Waals surface area contributed by atoms with Gasteiger partial charge in [-0.15, -0.1) is 4.98 Å². The largest absolute Gasteiger partial charge is 0.508 e. The SMILES string of the molecule is CCCNc1nc(Oc2ccc(S(=O)(=O)c3ccc(O)cc3)cc2)nc(Oc2ccc(S(=O)(=O)c3ccc(O)cc3)cc2)n1. The fraction of sp³-hybridized carbons (Fsp3) is 0.100. The van der Waals surface area contributed by atoms with Crippen molar-refractivity contribution in [2.75, 3.05) is 11.9 Å². The molecule has 0 bridgehead atoms. The summed E-state index contributed by atoms with van der Waals surface area (Å²) in [4.78, 5) is 12.8. The maximum atomic E-state index is 12.9. The number of nitrogens with zero attached hydrogens (tertiary/aromatic N) is 3. The average Bonchev–Trinajstić information content (AvgIpc) is 3.01. The second-order valence-electron chi connectivity index (χ2n) is 9.29. The molecule has 5 rings (SSSR count). The Balaban J connectivity index is 1.35. The lowest BCUT2D eigenvalue weighted by molar-refractivity contribution is 0.398. The number of ether oxygens (including phenoxy) is 2. The summed E-state index contributed by atoms with van der Waals surface area (Å²) in [5, 5.41) is 21.9. The van der Waals surface area contributed by atoms with E-state index in [1.165, 1.54) is 97.1 Å². The molecule has 44 heavy (non-hydrogen) atoms. The minimum atomic E-state index is -3.82. The zero-order chi connectivity index (χ0) is 31.3. The van der Waals surface area contributed by atoms with Gasteiger partial charge in [0.15, 0.2) is 0 Å². The first kappa shape index (κ1) is 30.3. The summed E-state index contributed by atoms with van der Waals surface area (Å²) in [5.74, 6) is 0.576. The lowest BCUT2D eigenvalue weighted by atomic mass is 10.3. The van der Waals surface area contributed by atoms with Crippen LogP contribution in [0.5, 0.6) is 35.0 Å². The van der Waals surface area contributed by atoms with Crippen LogP contribution in [0.25, 0.3) is 0 Å². The van der Waals surface area contributed by atoms with Gasteiger partial charge in [0.2, 0.25) is 25.6 Å². The van der Waals surface area contributed by atoms with Crippen LogP contribution in [0.15, 0.2) is 117 Å². The summed E-state index contributed by atoms with van der Waals surface area (Å²) in [6.45, 7) is 2.51. The molecule has 0 spiro atoms. The molecule has 5 aromatic rings. The number of rotatable bonds is 11. The number of nitrogens with one attached hydrogen (secondary N) is 1. The normalized spacial score (nSPS) is 11.6. The molecule has 0 fully saturated rings. The molecule has 1 aromatic heterocycles. The van der Waals surface area contributed by atoms with Gasteiger partial charge in [0.1, 0.15) is 23.0 Å². The smallest absolute Gasteiger partial charge is 0.330 e. The molecule has 1 heterocycles. The standard InChI is InChI=1S/C30H26N4O8S2/c1-2-19-31-28-32-29(41-22-7-15-26(16-8-22)43(37,38)24-11-3-20(35)4-12-24)34-30(33-28)42-23-9-17-27(18-10-23)44(39,40)25-13-5-21(36)6-14-25/h3-18,35-36H,2,19H2,1H3,(H,31,32,33,34). The fourth-order valence-corrected chi connectivity index (χ4v) is 6.37. The van der Waals surface area contributed by atoms with Crippen molar-refractivity contribution in [1.82, 2.24) is 15.0 Å². The van der Waals surface area contributed by atoms with Crippen LogP contribution in [0.3, 0.4) is 0 Å². The van der Waals surface area contributed by atoms with Crippen LogP contribution in [0.4, 0.5) is 5.95 Å². The van der Waals surface area contributed by atoms with Gasteiger partial charge in [-0.2, -0.15) is 9.97 Å². The maximum absolute atomic E-state index is 12.9. The third-order valence-corrected chi connectivity index (χ3v) is 9.68. The number of hydrogen-bond acceptors (Lipinski definition) is 12. The van der Waals surface area contributed by atoms with E-state index in [0.29, 0.717) is 6.54 Å². The first-order valence-corrected chi connectivity index (χ1v) is 16.2. The van der Waals surface area contributed by atoms with Gasteiger partial charge in [-0.3, -0.25) is 0 Å². The van der Waals surface area contributed by atoms with Crippen LogP contribution in [0, 0.1) is 0 Å². The van der Waals surface area contributed by atoms with Crippen molar-refractivity contribution < 1.29 is 36.5 Å². The summed E-state index contributed by atoms with van der Waals surface area (Å²) in [6.07, 6.45) is 0.784. The van der Waals surface area contributed by atoms with E-state index in [-0.39, 0.29) is 60.5 Å². The highest BCUT2D eigenvalue weighted by atomic mass is 32.2. The van der Waals surface area contributed by atoms with E-state index in [9.17, 15) is 27.0 Å². The fourth-order valence-electron chi connectivity index (χ4n) is 3.85. The second kappa shape index (κ2) is 12.6. The number of aromatic nitrogens is 3. The summed E-state index contributed by atoms with van der Waals surface area (Å²) in [7, 11) is -7.64. The van der Waals surface area contributed by atoms with Gasteiger partial charge in [-0.25, -0.2) is 16.8 Å². The second-order valence-corrected chi connectivity index (χ2v) is 13.2. The van der Waals surface area contributed by atoms with E-state index in [0.717, 1.165) is 6.42 Å². The first-order valence-electron chi connectivity index (χ1n) is 13.2. The molecule has 4 aromatic carbocycles. The summed E-state index contributed by atoms with van der Waals surface area (Å²) in [5.41, 5.74) is 0. The number of benzene rings is 4. The van der Waals surface area contributed by atoms with Crippen LogP contribution in [-0.2, 0) is 19.7 Å². The molecular weight excluding hydrogens is 608 g/mol. The van der Waals surface area contributed by atoms with E-state index >= 15 is 0 Å². The average molecular weight is 635 g/mol. The lowest BCUT2D eigenvalue weighted by Gasteiger charge is -2.11. The highest BCUT2D eigenvalue weighted by Crippen LogP contribution is 2.29. The Hall–Kier alpha value is -5.21. The van der Waals surface area contributed by atoms with Crippen LogP contribution in [0.1, 0.15) is 13.3 Å². The van der Waals surface area contributed by atoms with Crippen LogP contribution < -0.4 is 14.8 Å². The Bertz CT molecular complexity index is 1830. The van der Waals surface area contributed by atoms with E-state index in [2.05, 4.69) is 20.3 Å². The van der Waals surface area contributed by atoms with Crippen molar-refractivity contribution in [3.05, 3.63) is 97.1 Å². The molecule has 0 saturated carbocycles. The minimum Gasteiger partial charge on any atom is -0.508 e. The minimum absolute atomic E-state index is 0.0244. The van der Waals surface area contributed by atoms with E-state index in [1.807, 2.05) is 6.92 Å². The van der Waals surface area contributed by atoms with Gasteiger partial charge in [-0.05, 0) is 103 Å². The Labute approximate surface area is 253 Å². The van der Waals surface area contributed by atoms with Crippen molar-refractivity contribution >= 4 is 25.6 Å². The van der Waals surface area contributed by atoms with E-state index < -0.39 is 19.7 Å². The third kappa shape index (κ3) is 6.88. The molecule has 3 N–H and O–H groups in total.